The first-order valence-electron chi connectivity index (χ1n) is 11.6. The van der Waals surface area contributed by atoms with Crippen LogP contribution in [0.2, 0.25) is 0 Å². The number of pyridine rings is 1. The standard InChI is InChI=1S/C25H31N5O4/c1-15-3-5-18(31)16(2)21(15)30-22(26)20(23(27)32)17-4-6-19(28-24(17)30)34-14-25(7-8-25)13-29-9-11-33-12-10-29/h3-6,31H,7-14,26H2,1-2H3,(H2,27,32). The van der Waals surface area contributed by atoms with Crippen LogP contribution in [-0.4, -0.2) is 64.9 Å². The number of aromatic nitrogens is 2. The molecule has 0 spiro atoms. The third kappa shape index (κ3) is 3.95. The number of nitrogen functional groups attached to an aromatic ring is 1. The van der Waals surface area contributed by atoms with Crippen molar-refractivity contribution in [2.24, 2.45) is 11.1 Å². The summed E-state index contributed by atoms with van der Waals surface area (Å²) in [5.74, 6) is 0.157. The highest BCUT2D eigenvalue weighted by Crippen LogP contribution is 2.46. The van der Waals surface area contributed by atoms with Crippen LogP contribution in [0.4, 0.5) is 5.82 Å². The Morgan fingerprint density at radius 3 is 2.62 bits per heavy atom. The van der Waals surface area contributed by atoms with Crippen molar-refractivity contribution in [2.45, 2.75) is 26.7 Å². The summed E-state index contributed by atoms with van der Waals surface area (Å²) in [6.07, 6.45) is 2.26. The van der Waals surface area contributed by atoms with Crippen LogP contribution in [-0.2, 0) is 4.74 Å². The molecule has 180 valence electrons. The van der Waals surface area contributed by atoms with E-state index in [0.717, 1.165) is 51.3 Å². The van der Waals surface area contributed by atoms with E-state index in [1.165, 1.54) is 0 Å². The molecule has 5 N–H and O–H groups in total. The number of phenols is 1. The number of carbonyl (C=O) groups is 1. The molecule has 1 aliphatic heterocycles. The van der Waals surface area contributed by atoms with Gasteiger partial charge in [-0.1, -0.05) is 6.07 Å². The van der Waals surface area contributed by atoms with Crippen molar-refractivity contribution in [3.8, 4) is 17.3 Å². The van der Waals surface area contributed by atoms with E-state index in [2.05, 4.69) is 4.90 Å². The average molecular weight is 466 g/mol. The van der Waals surface area contributed by atoms with E-state index < -0.39 is 5.91 Å². The summed E-state index contributed by atoms with van der Waals surface area (Å²) in [6.45, 7) is 8.76. The highest BCUT2D eigenvalue weighted by Gasteiger charge is 2.45. The van der Waals surface area contributed by atoms with Gasteiger partial charge in [0.2, 0.25) is 5.88 Å². The molecule has 1 amide bonds. The number of carbonyl (C=O) groups excluding carboxylic acids is 1. The van der Waals surface area contributed by atoms with Crippen LogP contribution in [0.5, 0.6) is 11.6 Å². The van der Waals surface area contributed by atoms with Crippen LogP contribution >= 0.6 is 0 Å². The topological polar surface area (TPSA) is 129 Å². The van der Waals surface area contributed by atoms with Crippen LogP contribution in [0.1, 0.15) is 34.3 Å². The number of rotatable bonds is 7. The van der Waals surface area contributed by atoms with Crippen molar-refractivity contribution < 1.29 is 19.4 Å². The molecule has 2 fully saturated rings. The third-order valence-corrected chi connectivity index (χ3v) is 7.05. The number of nitrogens with zero attached hydrogens (tertiary/aromatic N) is 3. The van der Waals surface area contributed by atoms with Crippen molar-refractivity contribution in [1.29, 1.82) is 0 Å². The van der Waals surface area contributed by atoms with Crippen LogP contribution in [0.15, 0.2) is 24.3 Å². The highest BCUT2D eigenvalue weighted by molar-refractivity contribution is 6.11. The summed E-state index contributed by atoms with van der Waals surface area (Å²) in [4.78, 5) is 19.4. The first-order valence-corrected chi connectivity index (χ1v) is 11.6. The monoisotopic (exact) mass is 465 g/mol. The van der Waals surface area contributed by atoms with E-state index in [0.29, 0.717) is 34.8 Å². The third-order valence-electron chi connectivity index (χ3n) is 7.05. The van der Waals surface area contributed by atoms with Crippen molar-refractivity contribution in [3.63, 3.8) is 0 Å². The minimum atomic E-state index is -0.630. The quantitative estimate of drug-likeness (QED) is 0.489. The lowest BCUT2D eigenvalue weighted by atomic mass is 10.1. The summed E-state index contributed by atoms with van der Waals surface area (Å²) in [5.41, 5.74) is 15.1. The number of phenolic OH excluding ortho intramolecular Hbond substituents is 1. The molecule has 0 unspecified atom stereocenters. The first kappa shape index (κ1) is 22.5. The number of fused-ring (bicyclic) bond motifs is 1. The molecule has 5 rings (SSSR count). The van der Waals surface area contributed by atoms with E-state index in [1.54, 1.807) is 35.8 Å². The zero-order chi connectivity index (χ0) is 24.0. The van der Waals surface area contributed by atoms with Crippen LogP contribution < -0.4 is 16.2 Å². The summed E-state index contributed by atoms with van der Waals surface area (Å²) in [6, 6.07) is 6.97. The number of primary amides is 1. The number of hydrogen-bond donors (Lipinski definition) is 3. The van der Waals surface area contributed by atoms with Crippen LogP contribution in [0.25, 0.3) is 16.7 Å². The molecule has 1 saturated carbocycles. The number of aryl methyl sites for hydroxylation is 1. The van der Waals surface area contributed by atoms with Gasteiger partial charge in [-0.3, -0.25) is 14.3 Å². The predicted octanol–water partition coefficient (Wildman–Crippen LogP) is 2.52. The first-order chi connectivity index (χ1) is 16.3. The van der Waals surface area contributed by atoms with Gasteiger partial charge in [-0.25, -0.2) is 0 Å². The van der Waals surface area contributed by atoms with Crippen molar-refractivity contribution in [1.82, 2.24) is 14.5 Å². The van der Waals surface area contributed by atoms with Gasteiger partial charge in [0, 0.05) is 42.1 Å². The van der Waals surface area contributed by atoms with Crippen molar-refractivity contribution in [2.75, 3.05) is 45.2 Å². The molecule has 0 bridgehead atoms. The second-order valence-corrected chi connectivity index (χ2v) is 9.53. The summed E-state index contributed by atoms with van der Waals surface area (Å²) in [5, 5.41) is 10.9. The summed E-state index contributed by atoms with van der Waals surface area (Å²) >= 11 is 0. The molecule has 2 aliphatic rings. The lowest BCUT2D eigenvalue weighted by Crippen LogP contribution is -2.41. The number of hydrogen-bond acceptors (Lipinski definition) is 7. The largest absolute Gasteiger partial charge is 0.508 e. The maximum Gasteiger partial charge on any atom is 0.253 e. The Balaban J connectivity index is 1.50. The second kappa shape index (κ2) is 8.48. The van der Waals surface area contributed by atoms with Crippen LogP contribution in [0, 0.1) is 19.3 Å². The molecule has 1 aromatic carbocycles. The fraction of sp³-hybridized carbons (Fsp3) is 0.440. The molecule has 1 aliphatic carbocycles. The Hall–Kier alpha value is -3.30. The second-order valence-electron chi connectivity index (χ2n) is 9.53. The van der Waals surface area contributed by atoms with Crippen molar-refractivity contribution >= 4 is 22.8 Å². The Morgan fingerprint density at radius 1 is 1.21 bits per heavy atom. The fourth-order valence-corrected chi connectivity index (χ4v) is 4.88. The maximum atomic E-state index is 12.3. The molecule has 0 atom stereocenters. The molecule has 1 saturated heterocycles. The van der Waals surface area contributed by atoms with Gasteiger partial charge >= 0.3 is 0 Å². The Bertz CT molecular complexity index is 1260. The Labute approximate surface area is 198 Å². The molecule has 3 aromatic rings. The van der Waals surface area contributed by atoms with E-state index in [-0.39, 0.29) is 22.5 Å². The number of benzene rings is 1. The molecule has 2 aromatic heterocycles. The summed E-state index contributed by atoms with van der Waals surface area (Å²) < 4.78 is 13.3. The van der Waals surface area contributed by atoms with E-state index in [4.69, 9.17) is 25.9 Å². The normalized spacial score (nSPS) is 17.7. The summed E-state index contributed by atoms with van der Waals surface area (Å²) in [7, 11) is 0. The lowest BCUT2D eigenvalue weighted by molar-refractivity contribution is 0.0234. The van der Waals surface area contributed by atoms with E-state index in [9.17, 15) is 9.90 Å². The number of morpholine rings is 1. The van der Waals surface area contributed by atoms with Gasteiger partial charge in [-0.2, -0.15) is 4.98 Å². The number of amides is 1. The molecule has 9 nitrogen and oxygen atoms in total. The van der Waals surface area contributed by atoms with E-state index >= 15 is 0 Å². The number of nitrogens with two attached hydrogens (primary N) is 2. The van der Waals surface area contributed by atoms with Gasteiger partial charge in [0.05, 0.1) is 31.1 Å². The van der Waals surface area contributed by atoms with E-state index in [1.807, 2.05) is 6.92 Å². The molecular weight excluding hydrogens is 434 g/mol. The fourth-order valence-electron chi connectivity index (χ4n) is 4.88. The Kier molecular flexibility index (Phi) is 5.61. The highest BCUT2D eigenvalue weighted by atomic mass is 16.5. The zero-order valence-electron chi connectivity index (χ0n) is 19.6. The van der Waals surface area contributed by atoms with Crippen LogP contribution in [0.3, 0.4) is 0 Å². The molecule has 34 heavy (non-hydrogen) atoms. The SMILES string of the molecule is Cc1ccc(O)c(C)c1-n1c(N)c(C(N)=O)c2ccc(OCC3(CN4CCOCC4)CC3)nc21. The number of aromatic hydroxyl groups is 1. The van der Waals surface area contributed by atoms with Gasteiger partial charge in [-0.05, 0) is 44.4 Å². The Morgan fingerprint density at radius 2 is 1.94 bits per heavy atom. The smallest absolute Gasteiger partial charge is 0.253 e. The molecule has 3 heterocycles. The van der Waals surface area contributed by atoms with Gasteiger partial charge < -0.3 is 26.0 Å². The zero-order valence-corrected chi connectivity index (χ0v) is 19.6. The minimum Gasteiger partial charge on any atom is -0.508 e. The van der Waals surface area contributed by atoms with Gasteiger partial charge in [0.25, 0.3) is 5.91 Å². The predicted molar refractivity (Wildman–Crippen MR) is 130 cm³/mol. The van der Waals surface area contributed by atoms with Crippen molar-refractivity contribution in [3.05, 3.63) is 41.0 Å². The molecule has 0 radical (unpaired) electrons. The maximum absolute atomic E-state index is 12.3. The molecular formula is C25H31N5O4. The number of anilines is 1. The van der Waals surface area contributed by atoms with Gasteiger partial charge in [0.15, 0.2) is 5.65 Å². The number of ether oxygens (including phenoxy) is 2. The average Bonchev–Trinajstić information content (AvgIpc) is 3.52. The van der Waals surface area contributed by atoms with Gasteiger partial charge in [-0.15, -0.1) is 0 Å². The minimum absolute atomic E-state index is 0.133. The molecule has 9 heteroatoms. The lowest BCUT2D eigenvalue weighted by Gasteiger charge is -2.30. The van der Waals surface area contributed by atoms with Gasteiger partial charge in [0.1, 0.15) is 11.6 Å².